The van der Waals surface area contributed by atoms with Gasteiger partial charge in [-0.2, -0.15) is 0 Å². The lowest BCUT2D eigenvalue weighted by atomic mass is 9.68. The molecule has 2 unspecified atom stereocenters. The van der Waals surface area contributed by atoms with Crippen molar-refractivity contribution >= 4 is 11.9 Å². The Morgan fingerprint density at radius 3 is 2.41 bits per heavy atom. The van der Waals surface area contributed by atoms with Gasteiger partial charge in [-0.05, 0) is 37.8 Å². The van der Waals surface area contributed by atoms with Gasteiger partial charge in [0.05, 0.1) is 13.7 Å². The molecule has 1 aliphatic carbocycles. The molecule has 1 aromatic rings. The second-order valence-corrected chi connectivity index (χ2v) is 6.17. The first-order valence-corrected chi connectivity index (χ1v) is 9.69. The Hall–Kier alpha value is -1.92. The minimum atomic E-state index is -1.51. The molecule has 6 heteroatoms. The topological polar surface area (TPSA) is 87.8 Å². The van der Waals surface area contributed by atoms with Gasteiger partial charge in [-0.1, -0.05) is 38.1 Å². The third kappa shape index (κ3) is 4.68. The average Bonchev–Trinajstić information content (AvgIpc) is 3.03. The molecule has 1 aromatic carbocycles. The second-order valence-electron chi connectivity index (χ2n) is 6.17. The van der Waals surface area contributed by atoms with E-state index < -0.39 is 23.3 Å². The van der Waals surface area contributed by atoms with Crippen LogP contribution in [-0.2, 0) is 30.2 Å². The number of fused-ring (bicyclic) bond motifs is 1. The zero-order chi connectivity index (χ0) is 20.4. The second kappa shape index (κ2) is 11.0. The monoisotopic (exact) mass is 379 g/mol. The largest absolute Gasteiger partial charge is 0.468 e. The van der Waals surface area contributed by atoms with Crippen molar-refractivity contribution in [1.29, 1.82) is 0 Å². The van der Waals surface area contributed by atoms with Gasteiger partial charge in [-0.25, -0.2) is 0 Å². The van der Waals surface area contributed by atoms with Gasteiger partial charge in [-0.15, -0.1) is 0 Å². The van der Waals surface area contributed by atoms with Crippen LogP contribution < -0.4 is 5.73 Å². The Labute approximate surface area is 162 Å². The predicted octanol–water partition coefficient (Wildman–Crippen LogP) is 2.83. The van der Waals surface area contributed by atoms with E-state index in [1.807, 2.05) is 45.0 Å². The highest BCUT2D eigenvalue weighted by Gasteiger charge is 2.58. The molecule has 0 fully saturated rings. The number of hydrogen-bond acceptors (Lipinski definition) is 6. The van der Waals surface area contributed by atoms with E-state index in [9.17, 15) is 9.59 Å². The van der Waals surface area contributed by atoms with Crippen molar-refractivity contribution in [2.45, 2.75) is 52.5 Å². The van der Waals surface area contributed by atoms with Crippen molar-refractivity contribution in [2.24, 2.45) is 11.1 Å². The SMILES string of the molecule is CC.CCOCCC(C(=O)OC)(C(=O)OCC)[C@@H]1c2ccccc2CC1N. The highest BCUT2D eigenvalue weighted by Crippen LogP contribution is 2.48. The number of ether oxygens (including phenoxy) is 3. The zero-order valence-corrected chi connectivity index (χ0v) is 17.1. The minimum absolute atomic E-state index is 0.166. The zero-order valence-electron chi connectivity index (χ0n) is 17.1. The van der Waals surface area contributed by atoms with E-state index >= 15 is 0 Å². The van der Waals surface area contributed by atoms with Crippen molar-refractivity contribution in [3.63, 3.8) is 0 Å². The molecule has 0 spiro atoms. The first-order valence-electron chi connectivity index (χ1n) is 9.69. The van der Waals surface area contributed by atoms with Crippen molar-refractivity contribution in [2.75, 3.05) is 26.9 Å². The standard InChI is InChI=1S/C19H27NO5.C2H6/c1-4-24-11-10-19(17(21)23-3,18(22)25-5-2)16-14-9-7-6-8-13(14)12-15(16)20;1-2/h6-9,15-16H,4-5,10-12,20H2,1-3H3;1-2H3/t15?,16-,19?;/m1./s1. The normalized spacial score (nSPS) is 19.9. The van der Waals surface area contributed by atoms with E-state index in [0.717, 1.165) is 11.1 Å². The molecular weight excluding hydrogens is 346 g/mol. The summed E-state index contributed by atoms with van der Waals surface area (Å²) >= 11 is 0. The predicted molar refractivity (Wildman–Crippen MR) is 104 cm³/mol. The van der Waals surface area contributed by atoms with Crippen LogP contribution in [0.15, 0.2) is 24.3 Å². The van der Waals surface area contributed by atoms with E-state index in [1.54, 1.807) is 6.92 Å². The molecule has 0 aromatic heterocycles. The molecule has 0 heterocycles. The summed E-state index contributed by atoms with van der Waals surface area (Å²) in [6.07, 6.45) is 0.771. The van der Waals surface area contributed by atoms with Crippen LogP contribution in [0.25, 0.3) is 0 Å². The van der Waals surface area contributed by atoms with Crippen LogP contribution in [0.1, 0.15) is 51.2 Å². The fourth-order valence-electron chi connectivity index (χ4n) is 3.77. The molecule has 0 radical (unpaired) electrons. The maximum absolute atomic E-state index is 13.0. The number of carbonyl (C=O) groups is 2. The van der Waals surface area contributed by atoms with E-state index in [1.165, 1.54) is 7.11 Å². The maximum atomic E-state index is 13.0. The molecule has 0 bridgehead atoms. The average molecular weight is 379 g/mol. The van der Waals surface area contributed by atoms with Crippen LogP contribution >= 0.6 is 0 Å². The summed E-state index contributed by atoms with van der Waals surface area (Å²) in [6.45, 7) is 8.49. The van der Waals surface area contributed by atoms with Gasteiger partial charge in [0, 0.05) is 25.2 Å². The number of hydrogen-bond donors (Lipinski definition) is 1. The quantitative estimate of drug-likeness (QED) is 0.424. The van der Waals surface area contributed by atoms with Gasteiger partial charge < -0.3 is 19.9 Å². The lowest BCUT2D eigenvalue weighted by Crippen LogP contribution is -2.51. The number of benzene rings is 1. The summed E-state index contributed by atoms with van der Waals surface area (Å²) in [4.78, 5) is 25.8. The molecule has 2 N–H and O–H groups in total. The minimum Gasteiger partial charge on any atom is -0.468 e. The van der Waals surface area contributed by atoms with Crippen LogP contribution in [0.4, 0.5) is 0 Å². The van der Waals surface area contributed by atoms with Crippen LogP contribution in [0.3, 0.4) is 0 Å². The van der Waals surface area contributed by atoms with E-state index in [4.69, 9.17) is 19.9 Å². The number of nitrogens with two attached hydrogens (primary N) is 1. The smallest absolute Gasteiger partial charge is 0.324 e. The first-order chi connectivity index (χ1) is 13.0. The van der Waals surface area contributed by atoms with Crippen LogP contribution in [0.5, 0.6) is 0 Å². The van der Waals surface area contributed by atoms with Crippen molar-refractivity contribution in [1.82, 2.24) is 0 Å². The van der Waals surface area contributed by atoms with Gasteiger partial charge in [0.25, 0.3) is 0 Å². The fraction of sp³-hybridized carbons (Fsp3) is 0.619. The molecule has 27 heavy (non-hydrogen) atoms. The van der Waals surface area contributed by atoms with Crippen molar-refractivity contribution < 1.29 is 23.8 Å². The molecule has 6 nitrogen and oxygen atoms in total. The Balaban J connectivity index is 0.00000176. The number of methoxy groups -OCH3 is 1. The van der Waals surface area contributed by atoms with E-state index in [0.29, 0.717) is 13.0 Å². The number of esters is 2. The van der Waals surface area contributed by atoms with Gasteiger partial charge in [0.1, 0.15) is 0 Å². The third-order valence-electron chi connectivity index (χ3n) is 4.84. The third-order valence-corrected chi connectivity index (χ3v) is 4.84. The number of carbonyl (C=O) groups excluding carboxylic acids is 2. The lowest BCUT2D eigenvalue weighted by molar-refractivity contribution is -0.175. The Morgan fingerprint density at radius 2 is 1.81 bits per heavy atom. The lowest BCUT2D eigenvalue weighted by Gasteiger charge is -2.36. The molecule has 3 atom stereocenters. The van der Waals surface area contributed by atoms with Crippen molar-refractivity contribution in [3.8, 4) is 0 Å². The van der Waals surface area contributed by atoms with Crippen LogP contribution in [0.2, 0.25) is 0 Å². The van der Waals surface area contributed by atoms with Gasteiger partial charge in [0.2, 0.25) is 0 Å². The summed E-state index contributed by atoms with van der Waals surface area (Å²) in [5.41, 5.74) is 6.84. The molecule has 0 amide bonds. The Morgan fingerprint density at radius 1 is 1.15 bits per heavy atom. The van der Waals surface area contributed by atoms with Gasteiger partial charge >= 0.3 is 11.9 Å². The summed E-state index contributed by atoms with van der Waals surface area (Å²) < 4.78 is 15.8. The molecule has 0 saturated heterocycles. The van der Waals surface area contributed by atoms with E-state index in [-0.39, 0.29) is 25.7 Å². The molecule has 0 aliphatic heterocycles. The molecule has 1 aliphatic rings. The molecule has 152 valence electrons. The highest BCUT2D eigenvalue weighted by molar-refractivity contribution is 6.01. The van der Waals surface area contributed by atoms with Gasteiger partial charge in [0.15, 0.2) is 5.41 Å². The Kier molecular flexibility index (Phi) is 9.46. The summed E-state index contributed by atoms with van der Waals surface area (Å²) in [6, 6.07) is 7.34. The molecular formula is C21H33NO5. The Bertz CT molecular complexity index is 618. The summed E-state index contributed by atoms with van der Waals surface area (Å²) in [5.74, 6) is -1.72. The van der Waals surface area contributed by atoms with Crippen LogP contribution in [-0.4, -0.2) is 44.9 Å². The highest BCUT2D eigenvalue weighted by atomic mass is 16.6. The van der Waals surface area contributed by atoms with Gasteiger partial charge in [-0.3, -0.25) is 9.59 Å². The molecule has 0 saturated carbocycles. The summed E-state index contributed by atoms with van der Waals surface area (Å²) in [7, 11) is 1.28. The van der Waals surface area contributed by atoms with E-state index in [2.05, 4.69) is 0 Å². The molecule has 2 rings (SSSR count). The summed E-state index contributed by atoms with van der Waals surface area (Å²) in [5, 5.41) is 0. The first kappa shape index (κ1) is 23.1. The number of rotatable bonds is 8. The van der Waals surface area contributed by atoms with Crippen molar-refractivity contribution in [3.05, 3.63) is 35.4 Å². The van der Waals surface area contributed by atoms with Crippen LogP contribution in [0, 0.1) is 5.41 Å². The maximum Gasteiger partial charge on any atom is 0.324 e. The fourth-order valence-corrected chi connectivity index (χ4v) is 3.77.